The zero-order chi connectivity index (χ0) is 13.6. The minimum Gasteiger partial charge on any atom is -0.477 e. The lowest BCUT2D eigenvalue weighted by molar-refractivity contribution is 0.0702. The van der Waals surface area contributed by atoms with Gasteiger partial charge in [-0.3, -0.25) is 4.68 Å². The van der Waals surface area contributed by atoms with Gasteiger partial charge in [-0.15, -0.1) is 11.3 Å². The lowest BCUT2D eigenvalue weighted by Crippen LogP contribution is -2.08. The summed E-state index contributed by atoms with van der Waals surface area (Å²) >= 11 is 1.36. The normalized spacial score (nSPS) is 15.5. The van der Waals surface area contributed by atoms with E-state index in [0.29, 0.717) is 16.8 Å². The van der Waals surface area contributed by atoms with E-state index in [1.165, 1.54) is 24.2 Å². The van der Waals surface area contributed by atoms with E-state index in [1.807, 2.05) is 6.07 Å². The molecule has 0 spiro atoms. The summed E-state index contributed by atoms with van der Waals surface area (Å²) in [5, 5.41) is 15.0. The van der Waals surface area contributed by atoms with Crippen molar-refractivity contribution in [3.63, 3.8) is 0 Å². The molecular formula is C14H18N2O2S. The van der Waals surface area contributed by atoms with Gasteiger partial charge in [-0.2, -0.15) is 5.10 Å². The molecule has 1 fully saturated rings. The van der Waals surface area contributed by atoms with Crippen molar-refractivity contribution in [1.82, 2.24) is 9.78 Å². The summed E-state index contributed by atoms with van der Waals surface area (Å²) in [6.45, 7) is 4.31. The van der Waals surface area contributed by atoms with Crippen LogP contribution in [0.25, 0.3) is 10.2 Å². The van der Waals surface area contributed by atoms with Crippen molar-refractivity contribution in [3.8, 4) is 0 Å². The van der Waals surface area contributed by atoms with Gasteiger partial charge in [-0.1, -0.05) is 13.8 Å². The molecule has 0 atom stereocenters. The molecule has 3 rings (SSSR count). The molecule has 0 aromatic carbocycles. The second-order valence-corrected chi connectivity index (χ2v) is 6.24. The summed E-state index contributed by atoms with van der Waals surface area (Å²) in [7, 11) is 0. The molecule has 0 aliphatic heterocycles. The Morgan fingerprint density at radius 2 is 2.21 bits per heavy atom. The number of fused-ring (bicyclic) bond motifs is 1. The molecule has 5 heteroatoms. The maximum Gasteiger partial charge on any atom is 0.345 e. The van der Waals surface area contributed by atoms with Crippen molar-refractivity contribution >= 4 is 27.5 Å². The fraction of sp³-hybridized carbons (Fsp3) is 0.571. The van der Waals surface area contributed by atoms with E-state index in [0.717, 1.165) is 28.8 Å². The topological polar surface area (TPSA) is 55.1 Å². The number of aromatic nitrogens is 2. The Kier molecular flexibility index (Phi) is 3.09. The van der Waals surface area contributed by atoms with Crippen LogP contribution in [0.4, 0.5) is 0 Å². The lowest BCUT2D eigenvalue weighted by atomic mass is 10.2. The minimum absolute atomic E-state index is 0.371. The van der Waals surface area contributed by atoms with Crippen LogP contribution in [0.1, 0.15) is 66.9 Å². The molecule has 0 bridgehead atoms. The van der Waals surface area contributed by atoms with Crippen molar-refractivity contribution in [3.05, 3.63) is 16.6 Å². The van der Waals surface area contributed by atoms with Crippen molar-refractivity contribution in [1.29, 1.82) is 0 Å². The molecule has 2 heterocycles. The van der Waals surface area contributed by atoms with Gasteiger partial charge in [0.25, 0.3) is 0 Å². The summed E-state index contributed by atoms with van der Waals surface area (Å²) < 4.78 is 2.07. The highest BCUT2D eigenvalue weighted by atomic mass is 32.1. The van der Waals surface area contributed by atoms with Crippen LogP contribution >= 0.6 is 11.3 Å². The largest absolute Gasteiger partial charge is 0.477 e. The van der Waals surface area contributed by atoms with Crippen molar-refractivity contribution in [2.75, 3.05) is 0 Å². The Bertz CT molecular complexity index is 621. The zero-order valence-corrected chi connectivity index (χ0v) is 12.0. The average molecular weight is 278 g/mol. The molecule has 19 heavy (non-hydrogen) atoms. The van der Waals surface area contributed by atoms with Crippen LogP contribution in [0.3, 0.4) is 0 Å². The molecule has 0 saturated heterocycles. The summed E-state index contributed by atoms with van der Waals surface area (Å²) in [6, 6.07) is 2.18. The summed E-state index contributed by atoms with van der Waals surface area (Å²) in [4.78, 5) is 12.6. The summed E-state index contributed by atoms with van der Waals surface area (Å²) in [5.74, 6) is -0.284. The number of hydrogen-bond donors (Lipinski definition) is 1. The van der Waals surface area contributed by atoms with E-state index >= 15 is 0 Å². The van der Waals surface area contributed by atoms with Crippen LogP contribution in [0.15, 0.2) is 6.07 Å². The van der Waals surface area contributed by atoms with Gasteiger partial charge in [0.15, 0.2) is 0 Å². The number of carbonyl (C=O) groups is 1. The molecule has 1 saturated carbocycles. The van der Waals surface area contributed by atoms with Crippen LogP contribution in [-0.4, -0.2) is 20.9 Å². The highest BCUT2D eigenvalue weighted by Crippen LogP contribution is 2.45. The number of rotatable bonds is 5. The molecule has 0 unspecified atom stereocenters. The predicted octanol–water partition coefficient (Wildman–Crippen LogP) is 4.03. The van der Waals surface area contributed by atoms with Crippen LogP contribution < -0.4 is 0 Å². The Labute approximate surface area is 116 Å². The number of hydrogen-bond acceptors (Lipinski definition) is 3. The van der Waals surface area contributed by atoms with Gasteiger partial charge in [-0.05, 0) is 31.7 Å². The smallest absolute Gasteiger partial charge is 0.345 e. The van der Waals surface area contributed by atoms with Gasteiger partial charge >= 0.3 is 5.97 Å². The molecule has 2 aromatic rings. The van der Waals surface area contributed by atoms with Crippen molar-refractivity contribution in [2.24, 2.45) is 0 Å². The van der Waals surface area contributed by atoms with Gasteiger partial charge in [0.2, 0.25) is 0 Å². The van der Waals surface area contributed by atoms with E-state index in [2.05, 4.69) is 18.5 Å². The van der Waals surface area contributed by atoms with Gasteiger partial charge in [0.05, 0.1) is 11.7 Å². The van der Waals surface area contributed by atoms with E-state index < -0.39 is 5.97 Å². The first-order chi connectivity index (χ1) is 9.15. The van der Waals surface area contributed by atoms with Gasteiger partial charge < -0.3 is 5.11 Å². The third kappa shape index (κ3) is 2.06. The molecular weight excluding hydrogens is 260 g/mol. The first kappa shape index (κ1) is 12.7. The Morgan fingerprint density at radius 1 is 1.53 bits per heavy atom. The highest BCUT2D eigenvalue weighted by molar-refractivity contribution is 7.20. The third-order valence-electron chi connectivity index (χ3n) is 3.88. The first-order valence-corrected chi connectivity index (χ1v) is 7.72. The molecule has 1 aliphatic carbocycles. The van der Waals surface area contributed by atoms with Crippen LogP contribution in [-0.2, 0) is 0 Å². The highest BCUT2D eigenvalue weighted by Gasteiger charge is 2.31. The van der Waals surface area contributed by atoms with E-state index in [4.69, 9.17) is 5.10 Å². The fourth-order valence-corrected chi connectivity index (χ4v) is 3.63. The van der Waals surface area contributed by atoms with Crippen molar-refractivity contribution < 1.29 is 9.90 Å². The zero-order valence-electron chi connectivity index (χ0n) is 11.2. The van der Waals surface area contributed by atoms with E-state index in [-0.39, 0.29) is 0 Å². The van der Waals surface area contributed by atoms with Crippen LogP contribution in [0.2, 0.25) is 0 Å². The molecule has 1 N–H and O–H groups in total. The lowest BCUT2D eigenvalue weighted by Gasteiger charge is -2.13. The number of thiophene rings is 1. The molecule has 102 valence electrons. The second kappa shape index (κ2) is 4.63. The van der Waals surface area contributed by atoms with E-state index in [1.54, 1.807) is 0 Å². The third-order valence-corrected chi connectivity index (χ3v) is 4.99. The summed E-state index contributed by atoms with van der Waals surface area (Å²) in [6.07, 6.45) is 4.43. The van der Waals surface area contributed by atoms with Crippen LogP contribution in [0.5, 0.6) is 0 Å². The number of aromatic carboxylic acids is 1. The molecule has 1 aliphatic rings. The summed E-state index contributed by atoms with van der Waals surface area (Å²) in [5.41, 5.74) is 1.12. The average Bonchev–Trinajstić information content (AvgIpc) is 3.02. The van der Waals surface area contributed by atoms with Gasteiger partial charge in [0.1, 0.15) is 9.71 Å². The standard InChI is InChI=1S/C14H18N2O2S/c1-3-9(4-2)16-13-10(7-11(19-13)14(17)18)12(15-16)8-5-6-8/h7-9H,3-6H2,1-2H3,(H,17,18). The SMILES string of the molecule is CCC(CC)n1nc(C2CC2)c2cc(C(=O)O)sc21. The monoisotopic (exact) mass is 278 g/mol. The maximum absolute atomic E-state index is 11.2. The fourth-order valence-electron chi connectivity index (χ4n) is 2.60. The molecule has 0 amide bonds. The maximum atomic E-state index is 11.2. The van der Waals surface area contributed by atoms with Gasteiger partial charge in [-0.25, -0.2) is 4.79 Å². The number of carboxylic acids is 1. The first-order valence-electron chi connectivity index (χ1n) is 6.90. The van der Waals surface area contributed by atoms with E-state index in [9.17, 15) is 9.90 Å². The van der Waals surface area contributed by atoms with Gasteiger partial charge in [0, 0.05) is 11.3 Å². The number of nitrogens with zero attached hydrogens (tertiary/aromatic N) is 2. The second-order valence-electron chi connectivity index (χ2n) is 5.21. The predicted molar refractivity (Wildman–Crippen MR) is 76.2 cm³/mol. The molecule has 0 radical (unpaired) electrons. The molecule has 2 aromatic heterocycles. The Balaban J connectivity index is 2.17. The quantitative estimate of drug-likeness (QED) is 0.898. The minimum atomic E-state index is -0.834. The Morgan fingerprint density at radius 3 is 2.74 bits per heavy atom. The molecule has 4 nitrogen and oxygen atoms in total. The van der Waals surface area contributed by atoms with Crippen LogP contribution in [0, 0.1) is 0 Å². The van der Waals surface area contributed by atoms with Crippen molar-refractivity contribution in [2.45, 2.75) is 51.5 Å². The number of carboxylic acid groups (broad SMARTS) is 1. The Hall–Kier alpha value is -1.36.